The van der Waals surface area contributed by atoms with Crippen LogP contribution in [0.1, 0.15) is 26.5 Å². The summed E-state index contributed by atoms with van der Waals surface area (Å²) in [4.78, 5) is 49.2. The first-order valence-electron chi connectivity index (χ1n) is 10.1. The summed E-state index contributed by atoms with van der Waals surface area (Å²) in [6, 6.07) is 15.6. The molecule has 2 N–H and O–H groups in total. The third-order valence-corrected chi connectivity index (χ3v) is 4.90. The predicted octanol–water partition coefficient (Wildman–Crippen LogP) is 2.38. The Bertz CT molecular complexity index is 1170. The van der Waals surface area contributed by atoms with E-state index in [1.807, 2.05) is 30.3 Å². The molecule has 0 bridgehead atoms. The Balaban J connectivity index is 1.42. The lowest BCUT2D eigenvalue weighted by atomic mass is 10.1. The SMILES string of the molecule is O=C1COc2ccc(C(=O)COC(=O)[C@H](Cc3ccccc3)NC(=O)c3ccco3)cc2N1. The zero-order chi connectivity index (χ0) is 23.2. The van der Waals surface area contributed by atoms with E-state index in [9.17, 15) is 19.2 Å². The van der Waals surface area contributed by atoms with Crippen LogP contribution in [-0.4, -0.2) is 42.8 Å². The normalized spacial score (nSPS) is 13.2. The number of rotatable bonds is 8. The number of anilines is 1. The largest absolute Gasteiger partial charge is 0.482 e. The van der Waals surface area contributed by atoms with Crippen molar-refractivity contribution in [2.24, 2.45) is 0 Å². The highest BCUT2D eigenvalue weighted by molar-refractivity contribution is 6.02. The van der Waals surface area contributed by atoms with E-state index in [-0.39, 0.29) is 30.3 Å². The van der Waals surface area contributed by atoms with Crippen LogP contribution in [0.4, 0.5) is 5.69 Å². The van der Waals surface area contributed by atoms with Crippen molar-refractivity contribution < 1.29 is 33.1 Å². The number of amides is 2. The van der Waals surface area contributed by atoms with E-state index in [2.05, 4.69) is 10.6 Å². The molecule has 9 nitrogen and oxygen atoms in total. The molecule has 0 saturated heterocycles. The highest BCUT2D eigenvalue weighted by Gasteiger charge is 2.26. The maximum Gasteiger partial charge on any atom is 0.329 e. The lowest BCUT2D eigenvalue weighted by Gasteiger charge is -2.19. The molecule has 2 amide bonds. The number of fused-ring (bicyclic) bond motifs is 1. The van der Waals surface area contributed by atoms with Crippen LogP contribution in [0, 0.1) is 0 Å². The van der Waals surface area contributed by atoms with Crippen molar-refractivity contribution in [3.63, 3.8) is 0 Å². The highest BCUT2D eigenvalue weighted by Crippen LogP contribution is 2.28. The summed E-state index contributed by atoms with van der Waals surface area (Å²) in [6.07, 6.45) is 1.52. The first kappa shape index (κ1) is 21.8. The molecule has 1 aromatic heterocycles. The molecule has 0 spiro atoms. The number of esters is 1. The van der Waals surface area contributed by atoms with Gasteiger partial charge in [0.05, 0.1) is 12.0 Å². The summed E-state index contributed by atoms with van der Waals surface area (Å²) >= 11 is 0. The molecule has 2 heterocycles. The Labute approximate surface area is 188 Å². The second kappa shape index (κ2) is 9.82. The molecule has 0 saturated carbocycles. The van der Waals surface area contributed by atoms with Crippen molar-refractivity contribution in [1.29, 1.82) is 0 Å². The van der Waals surface area contributed by atoms with E-state index in [1.54, 1.807) is 12.1 Å². The summed E-state index contributed by atoms with van der Waals surface area (Å²) in [5.74, 6) is -1.63. The molecule has 3 aromatic rings. The highest BCUT2D eigenvalue weighted by atomic mass is 16.5. The molecule has 1 atom stereocenters. The minimum Gasteiger partial charge on any atom is -0.482 e. The van der Waals surface area contributed by atoms with E-state index >= 15 is 0 Å². The number of furan rings is 1. The van der Waals surface area contributed by atoms with Crippen molar-refractivity contribution in [2.75, 3.05) is 18.5 Å². The van der Waals surface area contributed by atoms with Gasteiger partial charge in [0.1, 0.15) is 11.8 Å². The first-order chi connectivity index (χ1) is 16.0. The maximum absolute atomic E-state index is 12.8. The van der Waals surface area contributed by atoms with Gasteiger partial charge in [-0.15, -0.1) is 0 Å². The lowest BCUT2D eigenvalue weighted by molar-refractivity contribution is -0.144. The van der Waals surface area contributed by atoms with Gasteiger partial charge in [0.15, 0.2) is 24.8 Å². The van der Waals surface area contributed by atoms with Gasteiger partial charge >= 0.3 is 5.97 Å². The zero-order valence-corrected chi connectivity index (χ0v) is 17.4. The van der Waals surface area contributed by atoms with Crippen LogP contribution in [0.15, 0.2) is 71.3 Å². The number of carbonyl (C=O) groups excluding carboxylic acids is 4. The minimum absolute atomic E-state index is 0.0512. The molecule has 9 heteroatoms. The van der Waals surface area contributed by atoms with Crippen LogP contribution in [0.3, 0.4) is 0 Å². The Morgan fingerprint density at radius 3 is 2.64 bits per heavy atom. The summed E-state index contributed by atoms with van der Waals surface area (Å²) < 4.78 is 15.6. The topological polar surface area (TPSA) is 124 Å². The van der Waals surface area contributed by atoms with Gasteiger partial charge in [0.2, 0.25) is 0 Å². The van der Waals surface area contributed by atoms with Gasteiger partial charge in [0, 0.05) is 12.0 Å². The number of Topliss-reactive ketones (excluding diaryl/α,β-unsaturated/α-hetero) is 1. The van der Waals surface area contributed by atoms with E-state index in [0.717, 1.165) is 5.56 Å². The van der Waals surface area contributed by atoms with E-state index in [1.165, 1.54) is 24.5 Å². The molecule has 0 fully saturated rings. The Kier molecular flexibility index (Phi) is 6.49. The van der Waals surface area contributed by atoms with Crippen molar-refractivity contribution in [2.45, 2.75) is 12.5 Å². The molecule has 0 radical (unpaired) electrons. The molecule has 168 valence electrons. The molecule has 2 aromatic carbocycles. The Morgan fingerprint density at radius 1 is 1.06 bits per heavy atom. The van der Waals surface area contributed by atoms with Crippen LogP contribution < -0.4 is 15.4 Å². The molecule has 33 heavy (non-hydrogen) atoms. The second-order valence-electron chi connectivity index (χ2n) is 7.27. The van der Waals surface area contributed by atoms with Gasteiger partial charge in [-0.1, -0.05) is 30.3 Å². The van der Waals surface area contributed by atoms with Crippen molar-refractivity contribution in [3.8, 4) is 5.75 Å². The monoisotopic (exact) mass is 448 g/mol. The number of ketones is 1. The van der Waals surface area contributed by atoms with Gasteiger partial charge in [0.25, 0.3) is 11.8 Å². The lowest BCUT2D eigenvalue weighted by Crippen LogP contribution is -2.43. The molecule has 1 aliphatic heterocycles. The molecule has 0 unspecified atom stereocenters. The Morgan fingerprint density at radius 2 is 1.88 bits per heavy atom. The molecule has 4 rings (SSSR count). The summed E-state index contributed by atoms with van der Waals surface area (Å²) in [5, 5.41) is 5.21. The van der Waals surface area contributed by atoms with Crippen LogP contribution in [-0.2, 0) is 20.7 Å². The third kappa shape index (κ3) is 5.45. The number of benzene rings is 2. The summed E-state index contributed by atoms with van der Waals surface area (Å²) in [5.41, 5.74) is 1.42. The van der Waals surface area contributed by atoms with Crippen LogP contribution in [0.2, 0.25) is 0 Å². The molecule has 0 aliphatic carbocycles. The van der Waals surface area contributed by atoms with Crippen LogP contribution in [0.5, 0.6) is 5.75 Å². The number of hydrogen-bond donors (Lipinski definition) is 2. The summed E-state index contributed by atoms with van der Waals surface area (Å²) in [6.45, 7) is -0.626. The fourth-order valence-electron chi connectivity index (χ4n) is 3.26. The van der Waals surface area contributed by atoms with Crippen LogP contribution >= 0.6 is 0 Å². The number of hydrogen-bond acceptors (Lipinski definition) is 7. The fourth-order valence-corrected chi connectivity index (χ4v) is 3.26. The average Bonchev–Trinajstić information content (AvgIpc) is 3.37. The molecular formula is C24H20N2O7. The van der Waals surface area contributed by atoms with E-state index in [0.29, 0.717) is 11.4 Å². The number of ether oxygens (including phenoxy) is 2. The smallest absolute Gasteiger partial charge is 0.329 e. The van der Waals surface area contributed by atoms with Gasteiger partial charge in [-0.2, -0.15) is 0 Å². The molecule has 1 aliphatic rings. The van der Waals surface area contributed by atoms with Gasteiger partial charge in [-0.05, 0) is 35.9 Å². The second-order valence-corrected chi connectivity index (χ2v) is 7.27. The van der Waals surface area contributed by atoms with Crippen molar-refractivity contribution in [3.05, 3.63) is 83.8 Å². The number of carbonyl (C=O) groups is 4. The predicted molar refractivity (Wildman–Crippen MR) is 116 cm³/mol. The first-order valence-corrected chi connectivity index (χ1v) is 10.1. The van der Waals surface area contributed by atoms with E-state index in [4.69, 9.17) is 13.9 Å². The molecular weight excluding hydrogens is 428 g/mol. The van der Waals surface area contributed by atoms with Crippen molar-refractivity contribution >= 4 is 29.3 Å². The van der Waals surface area contributed by atoms with Crippen LogP contribution in [0.25, 0.3) is 0 Å². The maximum atomic E-state index is 12.8. The number of nitrogens with one attached hydrogen (secondary N) is 2. The van der Waals surface area contributed by atoms with Gasteiger partial charge in [-0.3, -0.25) is 14.4 Å². The van der Waals surface area contributed by atoms with Crippen molar-refractivity contribution in [1.82, 2.24) is 5.32 Å². The third-order valence-electron chi connectivity index (χ3n) is 4.90. The fraction of sp³-hybridized carbons (Fsp3) is 0.167. The quantitative estimate of drug-likeness (QED) is 0.400. The van der Waals surface area contributed by atoms with Gasteiger partial charge < -0.3 is 24.5 Å². The van der Waals surface area contributed by atoms with Gasteiger partial charge in [-0.25, -0.2) is 4.79 Å². The summed E-state index contributed by atoms with van der Waals surface area (Å²) in [7, 11) is 0. The van der Waals surface area contributed by atoms with E-state index < -0.39 is 30.3 Å². The average molecular weight is 448 g/mol. The minimum atomic E-state index is -1.03. The Hall–Kier alpha value is -4.40. The standard InChI is InChI=1S/C24H20N2O7/c27-19(16-8-9-20-17(12-16)25-22(28)14-32-20)13-33-24(30)18(11-15-5-2-1-3-6-15)26-23(29)21-7-4-10-31-21/h1-10,12,18H,11,13-14H2,(H,25,28)(H,26,29)/t18-/m0/s1. The zero-order valence-electron chi connectivity index (χ0n) is 17.4.